The number of hydrogen-bond acceptors (Lipinski definition) is 5. The van der Waals surface area contributed by atoms with Crippen molar-refractivity contribution in [3.8, 4) is 0 Å². The monoisotopic (exact) mass is 311 g/mol. The smallest absolute Gasteiger partial charge is 0.240 e. The van der Waals surface area contributed by atoms with Crippen LogP contribution in [0.3, 0.4) is 0 Å². The Morgan fingerprint density at radius 3 is 2.68 bits per heavy atom. The average molecular weight is 312 g/mol. The molecule has 1 fully saturated rings. The molecule has 0 spiro atoms. The summed E-state index contributed by atoms with van der Waals surface area (Å²) < 4.78 is 0. The van der Waals surface area contributed by atoms with E-state index in [2.05, 4.69) is 10.2 Å². The summed E-state index contributed by atoms with van der Waals surface area (Å²) in [5.41, 5.74) is 1.05. The number of aromatic nitrogens is 2. The molecular formula is C12H10ClN3OS2. The third kappa shape index (κ3) is 2.48. The Labute approximate surface area is 123 Å². The van der Waals surface area contributed by atoms with Crippen molar-refractivity contribution in [2.24, 2.45) is 0 Å². The second-order valence-corrected chi connectivity index (χ2v) is 6.75. The normalized spacial score (nSPS) is 19.2. The minimum absolute atomic E-state index is 0.0443. The minimum atomic E-state index is -0.0443. The maximum atomic E-state index is 12.1. The molecule has 2 heterocycles. The van der Waals surface area contributed by atoms with Gasteiger partial charge in [-0.15, -0.1) is 22.0 Å². The molecule has 0 aliphatic carbocycles. The van der Waals surface area contributed by atoms with E-state index < -0.39 is 0 Å². The number of aryl methyl sites for hydroxylation is 1. The Hall–Kier alpha value is -1.11. The van der Waals surface area contributed by atoms with Crippen LogP contribution < -0.4 is 4.90 Å². The van der Waals surface area contributed by atoms with Crippen molar-refractivity contribution in [3.05, 3.63) is 39.9 Å². The predicted octanol–water partition coefficient (Wildman–Crippen LogP) is 3.28. The van der Waals surface area contributed by atoms with Crippen molar-refractivity contribution >= 4 is 45.7 Å². The summed E-state index contributed by atoms with van der Waals surface area (Å²) >= 11 is 8.92. The first-order valence-corrected chi connectivity index (χ1v) is 7.89. The van der Waals surface area contributed by atoms with Gasteiger partial charge in [0.15, 0.2) is 0 Å². The molecule has 1 atom stereocenters. The van der Waals surface area contributed by atoms with E-state index in [9.17, 15) is 4.79 Å². The third-order valence-electron chi connectivity index (χ3n) is 2.74. The Morgan fingerprint density at radius 1 is 1.32 bits per heavy atom. The van der Waals surface area contributed by atoms with Gasteiger partial charge in [0.25, 0.3) is 0 Å². The van der Waals surface area contributed by atoms with Gasteiger partial charge in [-0.2, -0.15) is 0 Å². The Kier molecular flexibility index (Phi) is 3.47. The number of anilines is 1. The van der Waals surface area contributed by atoms with Gasteiger partial charge < -0.3 is 0 Å². The number of benzene rings is 1. The first-order valence-electron chi connectivity index (χ1n) is 5.64. The molecule has 1 amide bonds. The summed E-state index contributed by atoms with van der Waals surface area (Å²) in [5, 5.41) is 10.2. The molecule has 0 N–H and O–H groups in total. The number of halogens is 1. The summed E-state index contributed by atoms with van der Waals surface area (Å²) in [6.07, 6.45) is 0. The fourth-order valence-corrected chi connectivity index (χ4v) is 3.97. The summed E-state index contributed by atoms with van der Waals surface area (Å²) in [6.45, 7) is 1.88. The minimum Gasteiger partial charge on any atom is -0.273 e. The van der Waals surface area contributed by atoms with Crippen molar-refractivity contribution in [1.29, 1.82) is 0 Å². The molecule has 2 aromatic rings. The summed E-state index contributed by atoms with van der Waals surface area (Å²) in [7, 11) is 0. The lowest BCUT2D eigenvalue weighted by Crippen LogP contribution is -2.27. The molecule has 0 radical (unpaired) electrons. The lowest BCUT2D eigenvalue weighted by molar-refractivity contribution is -0.115. The second-order valence-electron chi connectivity index (χ2n) is 4.08. The van der Waals surface area contributed by atoms with Crippen LogP contribution in [0.15, 0.2) is 24.3 Å². The topological polar surface area (TPSA) is 46.1 Å². The predicted molar refractivity (Wildman–Crippen MR) is 78.8 cm³/mol. The second kappa shape index (κ2) is 5.11. The summed E-state index contributed by atoms with van der Waals surface area (Å²) in [4.78, 5) is 13.8. The largest absolute Gasteiger partial charge is 0.273 e. The Balaban J connectivity index is 1.96. The zero-order valence-electron chi connectivity index (χ0n) is 10.0. The standard InChI is InChI=1S/C12H10ClN3OS2/c1-7-14-15-12(19-7)16-10(17)6-18-11(16)8-2-4-9(13)5-3-8/h2-5,11H,6H2,1H3. The van der Waals surface area contributed by atoms with E-state index >= 15 is 0 Å². The highest BCUT2D eigenvalue weighted by atomic mass is 35.5. The van der Waals surface area contributed by atoms with Crippen molar-refractivity contribution in [2.75, 3.05) is 10.7 Å². The van der Waals surface area contributed by atoms with Gasteiger partial charge in [0.1, 0.15) is 10.4 Å². The fourth-order valence-electron chi connectivity index (χ4n) is 1.89. The molecular weight excluding hydrogens is 302 g/mol. The lowest BCUT2D eigenvalue weighted by atomic mass is 10.2. The summed E-state index contributed by atoms with van der Waals surface area (Å²) in [6, 6.07) is 7.56. The van der Waals surface area contributed by atoms with Crippen LogP contribution in [0.2, 0.25) is 5.02 Å². The number of rotatable bonds is 2. The first kappa shape index (κ1) is 12.9. The number of hydrogen-bond donors (Lipinski definition) is 0. The highest BCUT2D eigenvalue weighted by molar-refractivity contribution is 8.00. The molecule has 0 bridgehead atoms. The quantitative estimate of drug-likeness (QED) is 0.854. The van der Waals surface area contributed by atoms with E-state index in [0.717, 1.165) is 10.6 Å². The van der Waals surface area contributed by atoms with Crippen LogP contribution in [0.5, 0.6) is 0 Å². The van der Waals surface area contributed by atoms with Gasteiger partial charge in [0.05, 0.1) is 5.75 Å². The van der Waals surface area contributed by atoms with Crippen molar-refractivity contribution in [2.45, 2.75) is 12.3 Å². The van der Waals surface area contributed by atoms with Gasteiger partial charge in [-0.25, -0.2) is 0 Å². The Morgan fingerprint density at radius 2 is 2.05 bits per heavy atom. The molecule has 1 aliphatic heterocycles. The number of thioether (sulfide) groups is 1. The molecule has 3 rings (SSSR count). The average Bonchev–Trinajstić information content (AvgIpc) is 2.96. The molecule has 7 heteroatoms. The van der Waals surface area contributed by atoms with E-state index in [1.54, 1.807) is 16.7 Å². The highest BCUT2D eigenvalue weighted by Crippen LogP contribution is 2.42. The van der Waals surface area contributed by atoms with Crippen LogP contribution >= 0.6 is 34.7 Å². The Bertz CT molecular complexity index is 614. The van der Waals surface area contributed by atoms with E-state index in [4.69, 9.17) is 11.6 Å². The summed E-state index contributed by atoms with van der Waals surface area (Å²) in [5.74, 6) is 0.535. The number of nitrogens with zero attached hydrogens (tertiary/aromatic N) is 3. The maximum Gasteiger partial charge on any atom is 0.240 e. The van der Waals surface area contributed by atoms with Crippen LogP contribution in [0.1, 0.15) is 15.9 Å². The molecule has 19 heavy (non-hydrogen) atoms. The van der Waals surface area contributed by atoms with Crippen LogP contribution in [-0.4, -0.2) is 21.9 Å². The number of carbonyl (C=O) groups excluding carboxylic acids is 1. The van der Waals surface area contributed by atoms with E-state index in [1.807, 2.05) is 31.2 Å². The highest BCUT2D eigenvalue weighted by Gasteiger charge is 2.36. The molecule has 1 aliphatic rings. The van der Waals surface area contributed by atoms with Crippen LogP contribution in [0.4, 0.5) is 5.13 Å². The molecule has 1 aromatic heterocycles. The van der Waals surface area contributed by atoms with Gasteiger partial charge in [-0.3, -0.25) is 9.69 Å². The van der Waals surface area contributed by atoms with Crippen molar-refractivity contribution in [3.63, 3.8) is 0 Å². The molecule has 0 saturated carbocycles. The molecule has 98 valence electrons. The van der Waals surface area contributed by atoms with Gasteiger partial charge in [0.2, 0.25) is 11.0 Å². The van der Waals surface area contributed by atoms with E-state index in [1.165, 1.54) is 11.3 Å². The molecule has 1 aromatic carbocycles. The number of amides is 1. The lowest BCUT2D eigenvalue weighted by Gasteiger charge is -2.20. The van der Waals surface area contributed by atoms with Gasteiger partial charge in [-0.05, 0) is 24.6 Å². The van der Waals surface area contributed by atoms with E-state index in [-0.39, 0.29) is 11.3 Å². The molecule has 1 saturated heterocycles. The SMILES string of the molecule is Cc1nnc(N2C(=O)CSC2c2ccc(Cl)cc2)s1. The van der Waals surface area contributed by atoms with Crippen molar-refractivity contribution < 1.29 is 4.79 Å². The van der Waals surface area contributed by atoms with Crippen molar-refractivity contribution in [1.82, 2.24) is 10.2 Å². The fraction of sp³-hybridized carbons (Fsp3) is 0.250. The maximum absolute atomic E-state index is 12.1. The zero-order valence-corrected chi connectivity index (χ0v) is 12.4. The first-order chi connectivity index (χ1) is 9.15. The van der Waals surface area contributed by atoms with Crippen LogP contribution in [0.25, 0.3) is 0 Å². The van der Waals surface area contributed by atoms with Crippen LogP contribution in [0, 0.1) is 6.92 Å². The van der Waals surface area contributed by atoms with Crippen LogP contribution in [-0.2, 0) is 4.79 Å². The molecule has 4 nitrogen and oxygen atoms in total. The zero-order chi connectivity index (χ0) is 13.4. The van der Waals surface area contributed by atoms with Gasteiger partial charge >= 0.3 is 0 Å². The molecule has 1 unspecified atom stereocenters. The number of carbonyl (C=O) groups is 1. The van der Waals surface area contributed by atoms with Gasteiger partial charge in [-0.1, -0.05) is 35.1 Å². The van der Waals surface area contributed by atoms with E-state index in [0.29, 0.717) is 15.9 Å². The van der Waals surface area contributed by atoms with Gasteiger partial charge in [0, 0.05) is 5.02 Å². The third-order valence-corrected chi connectivity index (χ3v) is 5.05.